The maximum Gasteiger partial charge on any atom is 0.165 e. The Morgan fingerprint density at radius 1 is 1.32 bits per heavy atom. The first kappa shape index (κ1) is 12.2. The number of ether oxygens (including phenoxy) is 2. The third-order valence-electron chi connectivity index (χ3n) is 6.89. The largest absolute Gasteiger partial charge is 0.504 e. The SMILES string of the molecule is CN1CC[C@]23c4c5ccc(O)c4O[C@H]2[C@@H](O)[C@@H]2O[C@@H]2C3[C@H]1C5. The first-order valence-electron chi connectivity index (χ1n) is 8.18. The van der Waals surface area contributed by atoms with E-state index in [1.165, 1.54) is 11.1 Å². The molecule has 2 aliphatic carbocycles. The van der Waals surface area contributed by atoms with Crippen molar-refractivity contribution in [3.05, 3.63) is 23.3 Å². The summed E-state index contributed by atoms with van der Waals surface area (Å²) in [5, 5.41) is 21.0. The molecule has 3 fully saturated rings. The van der Waals surface area contributed by atoms with Crippen LogP contribution in [0.15, 0.2) is 12.1 Å². The van der Waals surface area contributed by atoms with Gasteiger partial charge in [0.1, 0.15) is 18.3 Å². The second-order valence-corrected chi connectivity index (χ2v) is 7.61. The van der Waals surface area contributed by atoms with Gasteiger partial charge in [0.25, 0.3) is 0 Å². The van der Waals surface area contributed by atoms with Crippen molar-refractivity contribution in [2.45, 2.75) is 48.7 Å². The molecule has 7 atom stereocenters. The number of hydrogen-bond donors (Lipinski definition) is 2. The van der Waals surface area contributed by atoms with Crippen molar-refractivity contribution in [3.63, 3.8) is 0 Å². The maximum absolute atomic E-state index is 10.7. The molecule has 1 unspecified atom stereocenters. The molecule has 1 saturated carbocycles. The molecule has 22 heavy (non-hydrogen) atoms. The van der Waals surface area contributed by atoms with Crippen LogP contribution in [0.4, 0.5) is 0 Å². The van der Waals surface area contributed by atoms with Gasteiger partial charge in [-0.25, -0.2) is 0 Å². The van der Waals surface area contributed by atoms with Crippen LogP contribution in [0, 0.1) is 5.92 Å². The predicted molar refractivity (Wildman–Crippen MR) is 77.1 cm³/mol. The van der Waals surface area contributed by atoms with Crippen LogP contribution < -0.4 is 4.74 Å². The van der Waals surface area contributed by atoms with E-state index in [0.29, 0.717) is 17.7 Å². The minimum absolute atomic E-state index is 0.0878. The minimum atomic E-state index is -0.594. The molecule has 6 rings (SSSR count). The van der Waals surface area contributed by atoms with Crippen LogP contribution >= 0.6 is 0 Å². The number of fused-ring (bicyclic) bond motifs is 1. The summed E-state index contributed by atoms with van der Waals surface area (Å²) in [6, 6.07) is 4.21. The van der Waals surface area contributed by atoms with Crippen LogP contribution in [0.25, 0.3) is 0 Å². The molecule has 1 spiro atoms. The van der Waals surface area contributed by atoms with Gasteiger partial charge in [-0.3, -0.25) is 0 Å². The molecular formula is C17H19NO4. The number of phenolic OH excluding ortho intramolecular Hbond substituents is 1. The number of nitrogens with zero attached hydrogens (tertiary/aromatic N) is 1. The van der Waals surface area contributed by atoms with Crippen LogP contribution in [0.2, 0.25) is 0 Å². The van der Waals surface area contributed by atoms with E-state index in [-0.39, 0.29) is 29.5 Å². The lowest BCUT2D eigenvalue weighted by molar-refractivity contribution is -0.0837. The van der Waals surface area contributed by atoms with Crippen molar-refractivity contribution in [2.24, 2.45) is 5.92 Å². The molecule has 116 valence electrons. The number of likely N-dealkylation sites (tertiary alicyclic amines) is 1. The number of likely N-dealkylation sites (N-methyl/N-ethyl adjacent to an activating group) is 1. The number of benzene rings is 1. The summed E-state index contributed by atoms with van der Waals surface area (Å²) in [6.07, 6.45) is 1.12. The molecule has 5 aliphatic rings. The van der Waals surface area contributed by atoms with E-state index in [0.717, 1.165) is 19.4 Å². The fourth-order valence-corrected chi connectivity index (χ4v) is 5.99. The van der Waals surface area contributed by atoms with Crippen LogP contribution in [0.1, 0.15) is 17.5 Å². The average molecular weight is 301 g/mol. The van der Waals surface area contributed by atoms with Crippen molar-refractivity contribution in [3.8, 4) is 11.5 Å². The van der Waals surface area contributed by atoms with Crippen LogP contribution in [-0.2, 0) is 16.6 Å². The highest BCUT2D eigenvalue weighted by Crippen LogP contribution is 2.66. The molecule has 2 saturated heterocycles. The average Bonchev–Trinajstić information content (AvgIpc) is 3.22. The van der Waals surface area contributed by atoms with Crippen molar-refractivity contribution >= 4 is 0 Å². The molecule has 0 radical (unpaired) electrons. The zero-order valence-corrected chi connectivity index (χ0v) is 12.4. The van der Waals surface area contributed by atoms with Gasteiger partial charge in [0.15, 0.2) is 11.5 Å². The minimum Gasteiger partial charge on any atom is -0.504 e. The van der Waals surface area contributed by atoms with Gasteiger partial charge in [0.2, 0.25) is 0 Å². The number of hydrogen-bond acceptors (Lipinski definition) is 5. The van der Waals surface area contributed by atoms with Crippen LogP contribution in [0.3, 0.4) is 0 Å². The zero-order chi connectivity index (χ0) is 14.8. The standard InChI is InChI=1S/C17H19NO4/c1-18-5-4-17-10-7-2-3-9(19)13(10)22-16(17)12(20)15-14(21-15)11(17)8(18)6-7/h2-3,8,11-12,14-16,19-20H,4-6H2,1H3/t8-,11?,12+,14-,15+,16+,17-/m1/s1. The van der Waals surface area contributed by atoms with E-state index >= 15 is 0 Å². The van der Waals surface area contributed by atoms with Gasteiger partial charge >= 0.3 is 0 Å². The summed E-state index contributed by atoms with van der Waals surface area (Å²) >= 11 is 0. The van der Waals surface area contributed by atoms with Gasteiger partial charge in [-0.05, 0) is 38.1 Å². The number of piperidine rings is 1. The van der Waals surface area contributed by atoms with E-state index in [1.54, 1.807) is 6.07 Å². The summed E-state index contributed by atoms with van der Waals surface area (Å²) in [5.41, 5.74) is 2.25. The van der Waals surface area contributed by atoms with Crippen molar-refractivity contribution in [1.29, 1.82) is 0 Å². The summed E-state index contributed by atoms with van der Waals surface area (Å²) in [4.78, 5) is 2.44. The number of epoxide rings is 1. The molecule has 1 aromatic rings. The van der Waals surface area contributed by atoms with E-state index < -0.39 is 6.10 Å². The fraction of sp³-hybridized carbons (Fsp3) is 0.647. The number of aromatic hydroxyl groups is 1. The van der Waals surface area contributed by atoms with Crippen LogP contribution in [0.5, 0.6) is 11.5 Å². The molecule has 5 nitrogen and oxygen atoms in total. The Labute approximate surface area is 128 Å². The fourth-order valence-electron chi connectivity index (χ4n) is 5.99. The highest BCUT2D eigenvalue weighted by atomic mass is 16.6. The molecule has 3 heterocycles. The Morgan fingerprint density at radius 3 is 3.05 bits per heavy atom. The number of aliphatic hydroxyl groups is 1. The van der Waals surface area contributed by atoms with Crippen molar-refractivity contribution < 1.29 is 19.7 Å². The van der Waals surface area contributed by atoms with Crippen LogP contribution in [-0.4, -0.2) is 59.2 Å². The Hall–Kier alpha value is -1.30. The molecule has 2 N–H and O–H groups in total. The Bertz CT molecular complexity index is 706. The highest BCUT2D eigenvalue weighted by molar-refractivity contribution is 5.61. The van der Waals surface area contributed by atoms with Crippen molar-refractivity contribution in [2.75, 3.05) is 13.6 Å². The summed E-state index contributed by atoms with van der Waals surface area (Å²) in [7, 11) is 2.19. The highest BCUT2D eigenvalue weighted by Gasteiger charge is 2.75. The van der Waals surface area contributed by atoms with Gasteiger partial charge < -0.3 is 24.6 Å². The van der Waals surface area contributed by atoms with Gasteiger partial charge in [-0.15, -0.1) is 0 Å². The van der Waals surface area contributed by atoms with E-state index in [9.17, 15) is 10.2 Å². The number of phenols is 1. The third kappa shape index (κ3) is 1.08. The monoisotopic (exact) mass is 301 g/mol. The van der Waals surface area contributed by atoms with Gasteiger partial charge in [0, 0.05) is 22.9 Å². The molecule has 3 aliphatic heterocycles. The van der Waals surface area contributed by atoms with Gasteiger partial charge in [-0.1, -0.05) is 6.07 Å². The normalized spacial score (nSPS) is 50.1. The second kappa shape index (κ2) is 3.45. The van der Waals surface area contributed by atoms with Gasteiger partial charge in [-0.2, -0.15) is 0 Å². The Balaban J connectivity index is 1.68. The summed E-state index contributed by atoms with van der Waals surface area (Å²) in [5.74, 6) is 1.19. The molecule has 0 aromatic heterocycles. The van der Waals surface area contributed by atoms with E-state index in [2.05, 4.69) is 11.9 Å². The molecule has 2 bridgehead atoms. The lowest BCUT2D eigenvalue weighted by Gasteiger charge is -2.57. The lowest BCUT2D eigenvalue weighted by Crippen LogP contribution is -2.68. The molecule has 5 heteroatoms. The zero-order valence-electron chi connectivity index (χ0n) is 12.4. The first-order valence-corrected chi connectivity index (χ1v) is 8.18. The topological polar surface area (TPSA) is 65.5 Å². The smallest absolute Gasteiger partial charge is 0.165 e. The Morgan fingerprint density at radius 2 is 2.18 bits per heavy atom. The summed E-state index contributed by atoms with van der Waals surface area (Å²) < 4.78 is 12.0. The third-order valence-corrected chi connectivity index (χ3v) is 6.89. The molecule has 0 amide bonds. The quantitative estimate of drug-likeness (QED) is 0.680. The van der Waals surface area contributed by atoms with E-state index in [4.69, 9.17) is 9.47 Å². The maximum atomic E-state index is 10.7. The second-order valence-electron chi connectivity index (χ2n) is 7.61. The van der Waals surface area contributed by atoms with E-state index in [1.807, 2.05) is 6.07 Å². The molecule has 1 aromatic carbocycles. The molecular weight excluding hydrogens is 282 g/mol. The first-order chi connectivity index (χ1) is 10.6. The number of aliphatic hydroxyl groups excluding tert-OH is 1. The summed E-state index contributed by atoms with van der Waals surface area (Å²) in [6.45, 7) is 1.000. The number of rotatable bonds is 0. The van der Waals surface area contributed by atoms with Crippen molar-refractivity contribution in [1.82, 2.24) is 4.90 Å². The Kier molecular flexibility index (Phi) is 1.91. The predicted octanol–water partition coefficient (Wildman–Crippen LogP) is 0.409. The van der Waals surface area contributed by atoms with Gasteiger partial charge in [0.05, 0.1) is 6.10 Å². The lowest BCUT2D eigenvalue weighted by atomic mass is 9.51.